The SMILES string of the molecule is C1=C[S+](c2ccccc2)SC=C1c1ccccc1. The second-order valence-electron chi connectivity index (χ2n) is 3.95. The molecule has 2 heteroatoms. The van der Waals surface area contributed by atoms with Crippen LogP contribution in [-0.2, 0) is 9.93 Å². The van der Waals surface area contributed by atoms with Gasteiger partial charge in [0.05, 0.1) is 0 Å². The number of hydrogen-bond donors (Lipinski definition) is 0. The van der Waals surface area contributed by atoms with E-state index >= 15 is 0 Å². The Labute approximate surface area is 114 Å². The van der Waals surface area contributed by atoms with Crippen LogP contribution in [-0.4, -0.2) is 0 Å². The Morgan fingerprint density at radius 3 is 2.06 bits per heavy atom. The van der Waals surface area contributed by atoms with Gasteiger partial charge in [0, 0.05) is 5.41 Å². The standard InChI is InChI=1S/C16H13S2/c1-3-7-14(8-4-1)15-11-12-18(17-13-15)16-9-5-2-6-10-16/h1-13H/q+1. The normalized spacial score (nSPS) is 18.4. The monoisotopic (exact) mass is 269 g/mol. The summed E-state index contributed by atoms with van der Waals surface area (Å²) in [7, 11) is 2.06. The Morgan fingerprint density at radius 1 is 0.778 bits per heavy atom. The summed E-state index contributed by atoms with van der Waals surface area (Å²) in [5.41, 5.74) is 2.60. The van der Waals surface area contributed by atoms with Gasteiger partial charge >= 0.3 is 0 Å². The fourth-order valence-corrected chi connectivity index (χ4v) is 4.89. The average molecular weight is 269 g/mol. The van der Waals surface area contributed by atoms with Gasteiger partial charge in [-0.15, -0.1) is 0 Å². The largest absolute Gasteiger partial charge is 0.173 e. The Kier molecular flexibility index (Phi) is 3.58. The Hall–Kier alpha value is -1.38. The summed E-state index contributed by atoms with van der Waals surface area (Å²) < 4.78 is 0. The third kappa shape index (κ3) is 2.55. The molecule has 1 heterocycles. The summed E-state index contributed by atoms with van der Waals surface area (Å²) in [6, 6.07) is 21.2. The second kappa shape index (κ2) is 5.51. The summed E-state index contributed by atoms with van der Waals surface area (Å²) in [4.78, 5) is 1.39. The van der Waals surface area contributed by atoms with Crippen LogP contribution in [0, 0.1) is 0 Å². The first-order valence-corrected chi connectivity index (χ1v) is 8.51. The first kappa shape index (κ1) is 11.7. The molecule has 18 heavy (non-hydrogen) atoms. The van der Waals surface area contributed by atoms with Gasteiger partial charge in [-0.1, -0.05) is 48.5 Å². The van der Waals surface area contributed by atoms with Gasteiger partial charge < -0.3 is 0 Å². The molecule has 2 aromatic carbocycles. The van der Waals surface area contributed by atoms with Gasteiger partial charge in [-0.3, -0.25) is 0 Å². The summed E-state index contributed by atoms with van der Waals surface area (Å²) >= 11 is 0. The molecule has 0 N–H and O–H groups in total. The van der Waals surface area contributed by atoms with Crippen molar-refractivity contribution in [3.05, 3.63) is 83.1 Å². The summed E-state index contributed by atoms with van der Waals surface area (Å²) in [5, 5.41) is 4.58. The van der Waals surface area contributed by atoms with E-state index < -0.39 is 0 Å². The smallest absolute Gasteiger partial charge is 0.0622 e. The van der Waals surface area contributed by atoms with Crippen molar-refractivity contribution in [2.75, 3.05) is 0 Å². The van der Waals surface area contributed by atoms with E-state index in [-0.39, 0.29) is 9.93 Å². The molecule has 0 saturated carbocycles. The van der Waals surface area contributed by atoms with E-state index in [1.54, 1.807) is 0 Å². The highest BCUT2D eigenvalue weighted by Gasteiger charge is 2.23. The first-order chi connectivity index (χ1) is 8.93. The van der Waals surface area contributed by atoms with Crippen LogP contribution in [0.4, 0.5) is 0 Å². The van der Waals surface area contributed by atoms with Crippen LogP contribution in [0.15, 0.2) is 82.5 Å². The quantitative estimate of drug-likeness (QED) is 0.553. The zero-order valence-electron chi connectivity index (χ0n) is 9.82. The predicted molar refractivity (Wildman–Crippen MR) is 83.2 cm³/mol. The molecular formula is C16H13S2+. The highest BCUT2D eigenvalue weighted by Crippen LogP contribution is 2.35. The van der Waals surface area contributed by atoms with Gasteiger partial charge in [0.2, 0.25) is 0 Å². The molecule has 2 aromatic rings. The highest BCUT2D eigenvalue weighted by atomic mass is 33.1. The van der Waals surface area contributed by atoms with E-state index in [4.69, 9.17) is 0 Å². The zero-order valence-corrected chi connectivity index (χ0v) is 11.5. The van der Waals surface area contributed by atoms with Crippen molar-refractivity contribution in [1.82, 2.24) is 0 Å². The minimum absolute atomic E-state index is 0.157. The van der Waals surface area contributed by atoms with Crippen molar-refractivity contribution in [2.45, 2.75) is 4.90 Å². The van der Waals surface area contributed by atoms with Gasteiger partial charge in [0.25, 0.3) is 0 Å². The lowest BCUT2D eigenvalue weighted by Gasteiger charge is -2.06. The van der Waals surface area contributed by atoms with Crippen molar-refractivity contribution in [3.8, 4) is 0 Å². The highest BCUT2D eigenvalue weighted by molar-refractivity contribution is 8.76. The van der Waals surface area contributed by atoms with E-state index in [0.717, 1.165) is 0 Å². The summed E-state index contributed by atoms with van der Waals surface area (Å²) in [6.07, 6.45) is 2.24. The molecule has 1 aliphatic heterocycles. The molecule has 0 nitrogen and oxygen atoms in total. The Morgan fingerprint density at radius 2 is 1.44 bits per heavy atom. The molecule has 0 saturated heterocycles. The van der Waals surface area contributed by atoms with Crippen LogP contribution in [0.25, 0.3) is 5.57 Å². The fourth-order valence-electron chi connectivity index (χ4n) is 1.79. The summed E-state index contributed by atoms with van der Waals surface area (Å²) in [6.45, 7) is 0. The predicted octanol–water partition coefficient (Wildman–Crippen LogP) is 4.88. The molecule has 1 atom stereocenters. The Balaban J connectivity index is 1.79. The van der Waals surface area contributed by atoms with Crippen LogP contribution < -0.4 is 0 Å². The first-order valence-electron chi connectivity index (χ1n) is 5.82. The van der Waals surface area contributed by atoms with Gasteiger partial charge in [-0.05, 0) is 29.3 Å². The molecule has 1 aliphatic rings. The van der Waals surface area contributed by atoms with Gasteiger partial charge in [-0.25, -0.2) is 0 Å². The minimum Gasteiger partial charge on any atom is -0.0622 e. The van der Waals surface area contributed by atoms with Gasteiger partial charge in [0.15, 0.2) is 4.90 Å². The van der Waals surface area contributed by atoms with Crippen LogP contribution >= 0.6 is 10.8 Å². The molecule has 0 fully saturated rings. The third-order valence-corrected chi connectivity index (χ3v) is 6.23. The molecule has 0 aliphatic carbocycles. The van der Waals surface area contributed by atoms with Crippen molar-refractivity contribution in [2.24, 2.45) is 0 Å². The number of benzene rings is 2. The van der Waals surface area contributed by atoms with Crippen LogP contribution in [0.1, 0.15) is 5.56 Å². The van der Waals surface area contributed by atoms with E-state index in [1.165, 1.54) is 16.0 Å². The molecule has 0 aromatic heterocycles. The third-order valence-electron chi connectivity index (χ3n) is 2.73. The maximum atomic E-state index is 2.31. The minimum atomic E-state index is 0.157. The molecule has 0 radical (unpaired) electrons. The molecule has 1 unspecified atom stereocenters. The Bertz CT molecular complexity index is 571. The average Bonchev–Trinajstić information content (AvgIpc) is 2.49. The van der Waals surface area contributed by atoms with Crippen molar-refractivity contribution in [1.29, 1.82) is 0 Å². The van der Waals surface area contributed by atoms with Crippen LogP contribution in [0.3, 0.4) is 0 Å². The fraction of sp³-hybridized carbons (Fsp3) is 0. The summed E-state index contributed by atoms with van der Waals surface area (Å²) in [5.74, 6) is 0. The molecule has 3 rings (SSSR count). The van der Waals surface area contributed by atoms with Crippen molar-refractivity contribution in [3.63, 3.8) is 0 Å². The van der Waals surface area contributed by atoms with E-state index in [0.29, 0.717) is 0 Å². The number of hydrogen-bond acceptors (Lipinski definition) is 1. The van der Waals surface area contributed by atoms with E-state index in [9.17, 15) is 0 Å². The lowest BCUT2D eigenvalue weighted by atomic mass is 10.1. The van der Waals surface area contributed by atoms with Crippen molar-refractivity contribution >= 4 is 26.3 Å². The molecule has 0 amide bonds. The molecule has 0 spiro atoms. The van der Waals surface area contributed by atoms with Crippen molar-refractivity contribution < 1.29 is 0 Å². The lowest BCUT2D eigenvalue weighted by molar-refractivity contribution is 1.47. The maximum absolute atomic E-state index is 2.31. The molecular weight excluding hydrogens is 256 g/mol. The van der Waals surface area contributed by atoms with Gasteiger partial charge in [-0.2, -0.15) is 0 Å². The van der Waals surface area contributed by atoms with Crippen LogP contribution in [0.5, 0.6) is 0 Å². The molecule has 0 bridgehead atoms. The lowest BCUT2D eigenvalue weighted by Crippen LogP contribution is -1.95. The topological polar surface area (TPSA) is 0 Å². The molecule has 88 valence electrons. The maximum Gasteiger partial charge on any atom is 0.173 e. The number of allylic oxidation sites excluding steroid dienone is 2. The van der Waals surface area contributed by atoms with E-state index in [1.807, 2.05) is 10.8 Å². The van der Waals surface area contributed by atoms with E-state index in [2.05, 4.69) is 77.6 Å². The zero-order chi connectivity index (χ0) is 12.2. The van der Waals surface area contributed by atoms with Gasteiger partial charge in [0.1, 0.15) is 26.1 Å². The van der Waals surface area contributed by atoms with Crippen LogP contribution in [0.2, 0.25) is 0 Å². The number of rotatable bonds is 2. The second-order valence-corrected chi connectivity index (χ2v) is 7.37.